The summed E-state index contributed by atoms with van der Waals surface area (Å²) in [5, 5.41) is 0. The summed E-state index contributed by atoms with van der Waals surface area (Å²) in [5.41, 5.74) is 0.114. The van der Waals surface area contributed by atoms with E-state index in [0.29, 0.717) is 0 Å². The van der Waals surface area contributed by atoms with Crippen LogP contribution >= 0.6 is 0 Å². The van der Waals surface area contributed by atoms with Gasteiger partial charge in [0.1, 0.15) is 5.69 Å². The zero-order valence-electron chi connectivity index (χ0n) is 8.07. The standard InChI is InChI=1S/C10H11FN2O/c1-13(2)7-6-9(14)8-4-3-5-10(11)12-8/h3-7H,1-2H3/b7-6+. The smallest absolute Gasteiger partial charge is 0.213 e. The topological polar surface area (TPSA) is 33.2 Å². The Morgan fingerprint density at radius 1 is 1.50 bits per heavy atom. The average molecular weight is 194 g/mol. The van der Waals surface area contributed by atoms with Crippen LogP contribution in [0.4, 0.5) is 4.39 Å². The van der Waals surface area contributed by atoms with Crippen molar-refractivity contribution in [3.05, 3.63) is 42.1 Å². The van der Waals surface area contributed by atoms with Crippen molar-refractivity contribution in [2.24, 2.45) is 0 Å². The molecule has 0 aliphatic heterocycles. The van der Waals surface area contributed by atoms with Crippen LogP contribution in [0, 0.1) is 5.95 Å². The number of nitrogens with zero attached hydrogens (tertiary/aromatic N) is 2. The van der Waals surface area contributed by atoms with Crippen LogP contribution in [0.1, 0.15) is 10.5 Å². The monoisotopic (exact) mass is 194 g/mol. The molecule has 14 heavy (non-hydrogen) atoms. The van der Waals surface area contributed by atoms with Gasteiger partial charge in [0.2, 0.25) is 11.7 Å². The highest BCUT2D eigenvalue weighted by Gasteiger charge is 2.03. The Morgan fingerprint density at radius 3 is 2.79 bits per heavy atom. The summed E-state index contributed by atoms with van der Waals surface area (Å²) in [6.07, 6.45) is 2.94. The van der Waals surface area contributed by atoms with Crippen molar-refractivity contribution in [1.29, 1.82) is 0 Å². The molecule has 0 radical (unpaired) electrons. The van der Waals surface area contributed by atoms with Crippen LogP contribution in [0.3, 0.4) is 0 Å². The Morgan fingerprint density at radius 2 is 2.21 bits per heavy atom. The highest BCUT2D eigenvalue weighted by atomic mass is 19.1. The molecule has 1 heterocycles. The third-order valence-electron chi connectivity index (χ3n) is 1.49. The van der Waals surface area contributed by atoms with Gasteiger partial charge in [-0.1, -0.05) is 6.07 Å². The summed E-state index contributed by atoms with van der Waals surface area (Å²) >= 11 is 0. The van der Waals surface area contributed by atoms with Crippen LogP contribution in [0.15, 0.2) is 30.5 Å². The lowest BCUT2D eigenvalue weighted by Crippen LogP contribution is -2.04. The Kier molecular flexibility index (Phi) is 3.34. The number of rotatable bonds is 3. The summed E-state index contributed by atoms with van der Waals surface area (Å²) < 4.78 is 12.6. The van der Waals surface area contributed by atoms with E-state index in [1.807, 2.05) is 0 Å². The molecule has 0 saturated carbocycles. The van der Waals surface area contributed by atoms with Crippen molar-refractivity contribution in [2.75, 3.05) is 14.1 Å². The van der Waals surface area contributed by atoms with Crippen molar-refractivity contribution >= 4 is 5.78 Å². The molecule has 4 heteroatoms. The van der Waals surface area contributed by atoms with Crippen LogP contribution in [-0.2, 0) is 0 Å². The zero-order valence-corrected chi connectivity index (χ0v) is 8.07. The molecule has 74 valence electrons. The lowest BCUT2D eigenvalue weighted by Gasteiger charge is -2.02. The summed E-state index contributed by atoms with van der Waals surface area (Å²) in [6, 6.07) is 4.14. The summed E-state index contributed by atoms with van der Waals surface area (Å²) in [5.74, 6) is -0.952. The number of halogens is 1. The van der Waals surface area contributed by atoms with Gasteiger partial charge in [-0.25, -0.2) is 4.98 Å². The van der Waals surface area contributed by atoms with E-state index in [1.165, 1.54) is 24.3 Å². The van der Waals surface area contributed by atoms with E-state index in [4.69, 9.17) is 0 Å². The molecule has 0 unspecified atom stereocenters. The number of hydrogen-bond donors (Lipinski definition) is 0. The van der Waals surface area contributed by atoms with E-state index in [9.17, 15) is 9.18 Å². The number of carbonyl (C=O) groups is 1. The third-order valence-corrected chi connectivity index (χ3v) is 1.49. The lowest BCUT2D eigenvalue weighted by atomic mass is 10.2. The number of pyridine rings is 1. The molecule has 3 nitrogen and oxygen atoms in total. The number of ketones is 1. The number of carbonyl (C=O) groups excluding carboxylic acids is 1. The van der Waals surface area contributed by atoms with Gasteiger partial charge >= 0.3 is 0 Å². The fraction of sp³-hybridized carbons (Fsp3) is 0.200. The molecule has 1 aromatic heterocycles. The van der Waals surface area contributed by atoms with Gasteiger partial charge in [-0.2, -0.15) is 4.39 Å². The van der Waals surface area contributed by atoms with Crippen molar-refractivity contribution in [1.82, 2.24) is 9.88 Å². The van der Waals surface area contributed by atoms with E-state index in [2.05, 4.69) is 4.98 Å². The first-order valence-electron chi connectivity index (χ1n) is 4.11. The second-order valence-corrected chi connectivity index (χ2v) is 2.99. The normalized spacial score (nSPS) is 10.5. The van der Waals surface area contributed by atoms with Crippen molar-refractivity contribution in [3.63, 3.8) is 0 Å². The highest BCUT2D eigenvalue weighted by molar-refractivity contribution is 6.02. The maximum absolute atomic E-state index is 12.6. The van der Waals surface area contributed by atoms with E-state index >= 15 is 0 Å². The molecule has 0 saturated heterocycles. The Balaban J connectivity index is 2.80. The molecule has 0 spiro atoms. The van der Waals surface area contributed by atoms with Gasteiger partial charge in [0.05, 0.1) is 0 Å². The van der Waals surface area contributed by atoms with Gasteiger partial charge in [0.15, 0.2) is 0 Å². The molecule has 0 bridgehead atoms. The van der Waals surface area contributed by atoms with Gasteiger partial charge in [-0.3, -0.25) is 4.79 Å². The second-order valence-electron chi connectivity index (χ2n) is 2.99. The first kappa shape index (κ1) is 10.4. The number of aromatic nitrogens is 1. The largest absolute Gasteiger partial charge is 0.383 e. The summed E-state index contributed by atoms with van der Waals surface area (Å²) in [4.78, 5) is 16.5. The highest BCUT2D eigenvalue weighted by Crippen LogP contribution is 1.99. The molecule has 0 aliphatic rings. The van der Waals surface area contributed by atoms with E-state index in [1.54, 1.807) is 25.2 Å². The van der Waals surface area contributed by atoms with E-state index in [-0.39, 0.29) is 11.5 Å². The Bertz CT molecular complexity index is 361. The van der Waals surface area contributed by atoms with Gasteiger partial charge in [0, 0.05) is 26.4 Å². The molecule has 0 atom stereocenters. The van der Waals surface area contributed by atoms with E-state index < -0.39 is 5.95 Å². The average Bonchev–Trinajstić information content (AvgIpc) is 2.14. The molecule has 1 rings (SSSR count). The SMILES string of the molecule is CN(C)/C=C/C(=O)c1cccc(F)n1. The molecule has 0 amide bonds. The third kappa shape index (κ3) is 2.97. The molecular weight excluding hydrogens is 183 g/mol. The second kappa shape index (κ2) is 4.50. The summed E-state index contributed by atoms with van der Waals surface area (Å²) in [7, 11) is 3.59. The maximum atomic E-state index is 12.6. The predicted molar refractivity (Wildman–Crippen MR) is 51.4 cm³/mol. The predicted octanol–water partition coefficient (Wildman–Crippen LogP) is 1.48. The van der Waals surface area contributed by atoms with Gasteiger partial charge in [-0.05, 0) is 12.1 Å². The first-order valence-corrected chi connectivity index (χ1v) is 4.11. The zero-order chi connectivity index (χ0) is 10.6. The molecule has 0 aromatic carbocycles. The Hall–Kier alpha value is -1.71. The molecular formula is C10H11FN2O. The summed E-state index contributed by atoms with van der Waals surface area (Å²) in [6.45, 7) is 0. The van der Waals surface area contributed by atoms with Gasteiger partial charge in [0.25, 0.3) is 0 Å². The van der Waals surface area contributed by atoms with Crippen LogP contribution in [0.2, 0.25) is 0 Å². The van der Waals surface area contributed by atoms with Crippen LogP contribution < -0.4 is 0 Å². The molecule has 0 fully saturated rings. The number of allylic oxidation sites excluding steroid dienone is 1. The minimum Gasteiger partial charge on any atom is -0.383 e. The van der Waals surface area contributed by atoms with Gasteiger partial charge in [-0.15, -0.1) is 0 Å². The minimum atomic E-state index is -0.644. The van der Waals surface area contributed by atoms with Gasteiger partial charge < -0.3 is 4.90 Å². The molecule has 1 aromatic rings. The Labute approximate surface area is 81.9 Å². The molecule has 0 N–H and O–H groups in total. The van der Waals surface area contributed by atoms with Crippen LogP contribution in [0.5, 0.6) is 0 Å². The number of hydrogen-bond acceptors (Lipinski definition) is 3. The fourth-order valence-corrected chi connectivity index (χ4v) is 0.848. The minimum absolute atomic E-state index is 0.114. The van der Waals surface area contributed by atoms with Crippen molar-refractivity contribution < 1.29 is 9.18 Å². The maximum Gasteiger partial charge on any atom is 0.213 e. The van der Waals surface area contributed by atoms with Crippen LogP contribution in [-0.4, -0.2) is 29.8 Å². The van der Waals surface area contributed by atoms with Crippen molar-refractivity contribution in [3.8, 4) is 0 Å². The van der Waals surface area contributed by atoms with Crippen LogP contribution in [0.25, 0.3) is 0 Å². The van der Waals surface area contributed by atoms with E-state index in [0.717, 1.165) is 0 Å². The van der Waals surface area contributed by atoms with Crippen molar-refractivity contribution in [2.45, 2.75) is 0 Å². The lowest BCUT2D eigenvalue weighted by molar-refractivity contribution is 0.104. The first-order chi connectivity index (χ1) is 6.59. The molecule has 0 aliphatic carbocycles. The fourth-order valence-electron chi connectivity index (χ4n) is 0.848. The quantitative estimate of drug-likeness (QED) is 0.415.